The van der Waals surface area contributed by atoms with Gasteiger partial charge in [-0.15, -0.1) is 0 Å². The van der Waals surface area contributed by atoms with Crippen molar-refractivity contribution in [3.05, 3.63) is 55.4 Å². The van der Waals surface area contributed by atoms with Crippen LogP contribution < -0.4 is 5.32 Å². The van der Waals surface area contributed by atoms with Gasteiger partial charge in [0.25, 0.3) is 0 Å². The smallest absolute Gasteiger partial charge is 0.129 e. The number of nitrogens with one attached hydrogen (secondary N) is 1. The molecule has 0 aromatic heterocycles. The van der Waals surface area contributed by atoms with Crippen LogP contribution in [0.4, 0.5) is 5.69 Å². The molecule has 2 nitrogen and oxygen atoms in total. The first kappa shape index (κ1) is 13.9. The minimum absolute atomic E-state index is 0.251. The number of halogens is 3. The summed E-state index contributed by atoms with van der Waals surface area (Å²) in [7, 11) is 0. The van der Waals surface area contributed by atoms with E-state index >= 15 is 0 Å². The van der Waals surface area contributed by atoms with E-state index in [4.69, 9.17) is 0 Å². The van der Waals surface area contributed by atoms with Crippen molar-refractivity contribution >= 4 is 53.5 Å². The lowest BCUT2D eigenvalue weighted by atomic mass is 10.2. The SMILES string of the molecule is Oc1ccc(CNc2c(Br)cccc2Br)cc1Br. The number of hydrogen-bond acceptors (Lipinski definition) is 2. The summed E-state index contributed by atoms with van der Waals surface area (Å²) in [6.45, 7) is 0.681. The van der Waals surface area contributed by atoms with Gasteiger partial charge in [-0.25, -0.2) is 0 Å². The molecule has 2 aromatic rings. The van der Waals surface area contributed by atoms with Gasteiger partial charge in [0, 0.05) is 15.5 Å². The monoisotopic (exact) mass is 433 g/mol. The summed E-state index contributed by atoms with van der Waals surface area (Å²) in [6, 6.07) is 11.4. The zero-order valence-electron chi connectivity index (χ0n) is 9.25. The molecule has 0 aliphatic rings. The van der Waals surface area contributed by atoms with Crippen LogP contribution in [0.1, 0.15) is 5.56 Å². The Labute approximate surface area is 131 Å². The van der Waals surface area contributed by atoms with Crippen LogP contribution in [-0.2, 0) is 6.54 Å². The second-order valence-corrected chi connectivity index (χ2v) is 6.30. The highest BCUT2D eigenvalue weighted by molar-refractivity contribution is 9.11. The zero-order valence-corrected chi connectivity index (χ0v) is 14.0. The maximum absolute atomic E-state index is 9.43. The molecule has 0 fully saturated rings. The second-order valence-electron chi connectivity index (χ2n) is 3.74. The molecular weight excluding hydrogens is 426 g/mol. The predicted molar refractivity (Wildman–Crippen MR) is 85.0 cm³/mol. The van der Waals surface area contributed by atoms with Gasteiger partial charge in [0.15, 0.2) is 0 Å². The van der Waals surface area contributed by atoms with Gasteiger partial charge in [-0.3, -0.25) is 0 Å². The number of anilines is 1. The van der Waals surface area contributed by atoms with Crippen LogP contribution in [0.15, 0.2) is 49.8 Å². The van der Waals surface area contributed by atoms with Crippen molar-refractivity contribution in [2.75, 3.05) is 5.32 Å². The van der Waals surface area contributed by atoms with Crippen molar-refractivity contribution in [1.29, 1.82) is 0 Å². The van der Waals surface area contributed by atoms with E-state index in [-0.39, 0.29) is 5.75 Å². The molecule has 0 bridgehead atoms. The first-order chi connectivity index (χ1) is 8.58. The van der Waals surface area contributed by atoms with Gasteiger partial charge in [-0.2, -0.15) is 0 Å². The molecule has 5 heteroatoms. The number of phenolic OH excluding ortho intramolecular Hbond substituents is 1. The van der Waals surface area contributed by atoms with Crippen molar-refractivity contribution < 1.29 is 5.11 Å². The van der Waals surface area contributed by atoms with Crippen LogP contribution in [-0.4, -0.2) is 5.11 Å². The highest BCUT2D eigenvalue weighted by Crippen LogP contribution is 2.31. The van der Waals surface area contributed by atoms with Crippen LogP contribution in [0.5, 0.6) is 5.75 Å². The third-order valence-corrected chi connectivity index (χ3v) is 4.40. The standard InChI is InChI=1S/C13H10Br3NO/c14-9-2-1-3-10(15)13(9)17-7-8-4-5-12(18)11(16)6-8/h1-6,17-18H,7H2. The summed E-state index contributed by atoms with van der Waals surface area (Å²) in [5.74, 6) is 0.251. The number of phenols is 1. The fourth-order valence-corrected chi connectivity index (χ4v) is 3.22. The fraction of sp³-hybridized carbons (Fsp3) is 0.0769. The number of aromatic hydroxyl groups is 1. The topological polar surface area (TPSA) is 32.3 Å². The minimum atomic E-state index is 0.251. The van der Waals surface area contributed by atoms with Crippen molar-refractivity contribution in [3.8, 4) is 5.75 Å². The van der Waals surface area contributed by atoms with Crippen molar-refractivity contribution in [2.24, 2.45) is 0 Å². The second kappa shape index (κ2) is 6.08. The Morgan fingerprint density at radius 1 is 0.944 bits per heavy atom. The zero-order chi connectivity index (χ0) is 13.1. The summed E-state index contributed by atoms with van der Waals surface area (Å²) >= 11 is 10.3. The Morgan fingerprint density at radius 3 is 2.22 bits per heavy atom. The summed E-state index contributed by atoms with van der Waals surface area (Å²) < 4.78 is 2.72. The lowest BCUT2D eigenvalue weighted by Crippen LogP contribution is -2.00. The number of para-hydroxylation sites is 1. The van der Waals surface area contributed by atoms with E-state index in [0.29, 0.717) is 11.0 Å². The molecule has 2 aromatic carbocycles. The molecule has 0 heterocycles. The van der Waals surface area contributed by atoms with E-state index < -0.39 is 0 Å². The maximum Gasteiger partial charge on any atom is 0.129 e. The molecular formula is C13H10Br3NO. The van der Waals surface area contributed by atoms with Gasteiger partial charge in [-0.1, -0.05) is 12.1 Å². The van der Waals surface area contributed by atoms with Gasteiger partial charge in [0.1, 0.15) is 5.75 Å². The summed E-state index contributed by atoms with van der Waals surface area (Å²) in [6.07, 6.45) is 0. The molecule has 18 heavy (non-hydrogen) atoms. The third-order valence-electron chi connectivity index (χ3n) is 2.44. The van der Waals surface area contributed by atoms with Crippen LogP contribution in [0, 0.1) is 0 Å². The molecule has 0 saturated heterocycles. The lowest BCUT2D eigenvalue weighted by Gasteiger charge is -2.11. The normalized spacial score (nSPS) is 10.4. The summed E-state index contributed by atoms with van der Waals surface area (Å²) in [5, 5.41) is 12.8. The van der Waals surface area contributed by atoms with Crippen LogP contribution in [0.3, 0.4) is 0 Å². The summed E-state index contributed by atoms with van der Waals surface area (Å²) in [4.78, 5) is 0. The molecule has 0 atom stereocenters. The molecule has 0 aliphatic carbocycles. The van der Waals surface area contributed by atoms with Crippen LogP contribution in [0.25, 0.3) is 0 Å². The van der Waals surface area contributed by atoms with E-state index in [0.717, 1.165) is 20.2 Å². The molecule has 2 rings (SSSR count). The Morgan fingerprint density at radius 2 is 1.61 bits per heavy atom. The van der Waals surface area contributed by atoms with Crippen molar-refractivity contribution in [2.45, 2.75) is 6.54 Å². The molecule has 0 amide bonds. The molecule has 94 valence electrons. The van der Waals surface area contributed by atoms with Crippen molar-refractivity contribution in [3.63, 3.8) is 0 Å². The lowest BCUT2D eigenvalue weighted by molar-refractivity contribution is 0.471. The van der Waals surface area contributed by atoms with Crippen LogP contribution >= 0.6 is 47.8 Å². The quantitative estimate of drug-likeness (QED) is 0.686. The molecule has 0 saturated carbocycles. The maximum atomic E-state index is 9.43. The van der Waals surface area contributed by atoms with Gasteiger partial charge in [-0.05, 0) is 77.6 Å². The Bertz CT molecular complexity index is 552. The highest BCUT2D eigenvalue weighted by Gasteiger charge is 2.05. The molecule has 0 spiro atoms. The van der Waals surface area contributed by atoms with Gasteiger partial charge in [0.2, 0.25) is 0 Å². The Hall–Kier alpha value is -0.520. The van der Waals surface area contributed by atoms with E-state index in [1.165, 1.54) is 0 Å². The highest BCUT2D eigenvalue weighted by atomic mass is 79.9. The average Bonchev–Trinajstić information content (AvgIpc) is 2.33. The Balaban J connectivity index is 2.14. The number of rotatable bonds is 3. The minimum Gasteiger partial charge on any atom is -0.507 e. The van der Waals surface area contributed by atoms with E-state index in [2.05, 4.69) is 53.1 Å². The molecule has 2 N–H and O–H groups in total. The van der Waals surface area contributed by atoms with E-state index in [9.17, 15) is 5.11 Å². The predicted octanol–water partition coefficient (Wildman–Crippen LogP) is 5.29. The summed E-state index contributed by atoms with van der Waals surface area (Å²) in [5.41, 5.74) is 2.10. The third kappa shape index (κ3) is 3.28. The number of hydrogen-bond donors (Lipinski definition) is 2. The molecule has 0 aliphatic heterocycles. The largest absolute Gasteiger partial charge is 0.507 e. The first-order valence-electron chi connectivity index (χ1n) is 5.23. The van der Waals surface area contributed by atoms with Crippen molar-refractivity contribution in [1.82, 2.24) is 0 Å². The van der Waals surface area contributed by atoms with E-state index in [1.807, 2.05) is 30.3 Å². The average molecular weight is 436 g/mol. The first-order valence-corrected chi connectivity index (χ1v) is 7.61. The van der Waals surface area contributed by atoms with E-state index in [1.54, 1.807) is 6.07 Å². The Kier molecular flexibility index (Phi) is 4.70. The van der Waals surface area contributed by atoms with Gasteiger partial charge < -0.3 is 10.4 Å². The fourth-order valence-electron chi connectivity index (χ4n) is 1.52. The molecule has 0 radical (unpaired) electrons. The number of benzene rings is 2. The van der Waals surface area contributed by atoms with Crippen LogP contribution in [0.2, 0.25) is 0 Å². The van der Waals surface area contributed by atoms with Gasteiger partial charge >= 0.3 is 0 Å². The molecule has 0 unspecified atom stereocenters. The van der Waals surface area contributed by atoms with Gasteiger partial charge in [0.05, 0.1) is 10.2 Å².